The van der Waals surface area contributed by atoms with E-state index in [1.807, 2.05) is 48.3 Å². The van der Waals surface area contributed by atoms with Crippen molar-refractivity contribution < 1.29 is 14.8 Å². The fourth-order valence-electron chi connectivity index (χ4n) is 2.22. The van der Waals surface area contributed by atoms with Gasteiger partial charge in [-0.25, -0.2) is 0 Å². The van der Waals surface area contributed by atoms with Crippen LogP contribution in [0.25, 0.3) is 0 Å². The molecule has 0 spiro atoms. The Hall–Kier alpha value is -1.98. The largest absolute Gasteiger partial charge is 0.495 e. The lowest BCUT2D eigenvalue weighted by atomic mass is 9.77. The highest BCUT2D eigenvalue weighted by Gasteiger charge is 2.17. The summed E-state index contributed by atoms with van der Waals surface area (Å²) >= 11 is 0. The van der Waals surface area contributed by atoms with E-state index in [1.54, 1.807) is 19.2 Å². The lowest BCUT2D eigenvalue weighted by Gasteiger charge is -2.23. The zero-order valence-corrected chi connectivity index (χ0v) is 11.7. The summed E-state index contributed by atoms with van der Waals surface area (Å²) in [5, 5.41) is 18.8. The topological polar surface area (TPSA) is 52.9 Å². The second kappa shape index (κ2) is 6.46. The first kappa shape index (κ1) is 14.4. The van der Waals surface area contributed by atoms with Gasteiger partial charge < -0.3 is 19.7 Å². The molecule has 0 aliphatic heterocycles. The number of ether oxygens (including phenoxy) is 1. The second-order valence-corrected chi connectivity index (χ2v) is 4.60. The van der Waals surface area contributed by atoms with Gasteiger partial charge >= 0.3 is 7.12 Å². The number of methoxy groups -OCH3 is 1. The molecular formula is C15H18BNO3. The SMILES string of the molecule is COc1ccccc1N(C)Cc1ccccc1B(O)O. The third-order valence-electron chi connectivity index (χ3n) is 3.24. The molecule has 2 rings (SSSR count). The molecule has 0 aliphatic rings. The van der Waals surface area contributed by atoms with E-state index in [4.69, 9.17) is 4.74 Å². The average Bonchev–Trinajstić information content (AvgIpc) is 2.47. The van der Waals surface area contributed by atoms with Crippen molar-refractivity contribution in [1.29, 1.82) is 0 Å². The predicted molar refractivity (Wildman–Crippen MR) is 81.4 cm³/mol. The monoisotopic (exact) mass is 271 g/mol. The van der Waals surface area contributed by atoms with Gasteiger partial charge in [-0.15, -0.1) is 0 Å². The van der Waals surface area contributed by atoms with Crippen molar-refractivity contribution in [3.8, 4) is 5.75 Å². The first-order valence-corrected chi connectivity index (χ1v) is 6.41. The van der Waals surface area contributed by atoms with Crippen LogP contribution >= 0.6 is 0 Å². The maximum absolute atomic E-state index is 9.40. The van der Waals surface area contributed by atoms with Gasteiger partial charge in [-0.3, -0.25) is 0 Å². The Morgan fingerprint density at radius 1 is 1.05 bits per heavy atom. The smallest absolute Gasteiger partial charge is 0.488 e. The van der Waals surface area contributed by atoms with Crippen LogP contribution in [0.1, 0.15) is 5.56 Å². The second-order valence-electron chi connectivity index (χ2n) is 4.60. The highest BCUT2D eigenvalue weighted by atomic mass is 16.5. The summed E-state index contributed by atoms with van der Waals surface area (Å²) in [6.45, 7) is 0.564. The maximum atomic E-state index is 9.40. The predicted octanol–water partition coefficient (Wildman–Crippen LogP) is 1.01. The van der Waals surface area contributed by atoms with Gasteiger partial charge in [0.2, 0.25) is 0 Å². The molecule has 0 saturated carbocycles. The fourth-order valence-corrected chi connectivity index (χ4v) is 2.22. The third kappa shape index (κ3) is 3.12. The van der Waals surface area contributed by atoms with Gasteiger partial charge in [0.15, 0.2) is 0 Å². The minimum Gasteiger partial charge on any atom is -0.495 e. The molecule has 0 heterocycles. The van der Waals surface area contributed by atoms with Gasteiger partial charge in [0, 0.05) is 13.6 Å². The summed E-state index contributed by atoms with van der Waals surface area (Å²) in [4.78, 5) is 2.01. The van der Waals surface area contributed by atoms with E-state index in [1.165, 1.54) is 0 Å². The fraction of sp³-hybridized carbons (Fsp3) is 0.200. The van der Waals surface area contributed by atoms with Crippen molar-refractivity contribution in [3.63, 3.8) is 0 Å². The molecule has 5 heteroatoms. The first-order valence-electron chi connectivity index (χ1n) is 6.41. The zero-order valence-electron chi connectivity index (χ0n) is 11.7. The Labute approximate surface area is 119 Å². The Bertz CT molecular complexity index is 575. The molecule has 20 heavy (non-hydrogen) atoms. The van der Waals surface area contributed by atoms with E-state index in [0.717, 1.165) is 17.0 Å². The van der Waals surface area contributed by atoms with Crippen molar-refractivity contribution in [1.82, 2.24) is 0 Å². The van der Waals surface area contributed by atoms with E-state index in [9.17, 15) is 10.0 Å². The van der Waals surface area contributed by atoms with Crippen LogP contribution in [0.15, 0.2) is 48.5 Å². The van der Waals surface area contributed by atoms with Crippen molar-refractivity contribution in [2.45, 2.75) is 6.54 Å². The molecule has 0 atom stereocenters. The van der Waals surface area contributed by atoms with Crippen molar-refractivity contribution in [3.05, 3.63) is 54.1 Å². The van der Waals surface area contributed by atoms with E-state index in [0.29, 0.717) is 12.0 Å². The van der Waals surface area contributed by atoms with Crippen LogP contribution in [0.5, 0.6) is 5.75 Å². The highest BCUT2D eigenvalue weighted by molar-refractivity contribution is 6.59. The summed E-state index contributed by atoms with van der Waals surface area (Å²) in [6, 6.07) is 15.0. The van der Waals surface area contributed by atoms with Gasteiger partial charge in [-0.1, -0.05) is 36.4 Å². The molecular weight excluding hydrogens is 253 g/mol. The molecule has 0 bridgehead atoms. The van der Waals surface area contributed by atoms with Gasteiger partial charge in [-0.05, 0) is 23.2 Å². The Kier molecular flexibility index (Phi) is 4.66. The summed E-state index contributed by atoms with van der Waals surface area (Å²) in [5.74, 6) is 0.789. The molecule has 0 radical (unpaired) electrons. The number of benzene rings is 2. The van der Waals surface area contributed by atoms with Crippen LogP contribution in [0, 0.1) is 0 Å². The lowest BCUT2D eigenvalue weighted by molar-refractivity contribution is 0.415. The molecule has 104 valence electrons. The number of para-hydroxylation sites is 2. The number of rotatable bonds is 5. The van der Waals surface area contributed by atoms with Gasteiger partial charge in [0.05, 0.1) is 12.8 Å². The van der Waals surface area contributed by atoms with Crippen LogP contribution in [-0.2, 0) is 6.54 Å². The molecule has 0 saturated heterocycles. The van der Waals surface area contributed by atoms with Crippen molar-refractivity contribution >= 4 is 18.3 Å². The van der Waals surface area contributed by atoms with E-state index in [2.05, 4.69) is 0 Å². The molecule has 4 nitrogen and oxygen atoms in total. The van der Waals surface area contributed by atoms with Crippen LogP contribution in [0.3, 0.4) is 0 Å². The summed E-state index contributed by atoms with van der Waals surface area (Å²) < 4.78 is 5.34. The summed E-state index contributed by atoms with van der Waals surface area (Å²) in [7, 11) is 2.12. The van der Waals surface area contributed by atoms with Gasteiger partial charge in [-0.2, -0.15) is 0 Å². The molecule has 0 unspecified atom stereocenters. The van der Waals surface area contributed by atoms with Gasteiger partial charge in [0.25, 0.3) is 0 Å². The number of anilines is 1. The van der Waals surface area contributed by atoms with E-state index in [-0.39, 0.29) is 0 Å². The minimum absolute atomic E-state index is 0.522. The highest BCUT2D eigenvalue weighted by Crippen LogP contribution is 2.27. The van der Waals surface area contributed by atoms with Crippen LogP contribution < -0.4 is 15.1 Å². The Balaban J connectivity index is 2.26. The van der Waals surface area contributed by atoms with E-state index >= 15 is 0 Å². The number of hydrogen-bond acceptors (Lipinski definition) is 4. The molecule has 0 fully saturated rings. The Morgan fingerprint density at radius 2 is 1.70 bits per heavy atom. The van der Waals surface area contributed by atoms with Crippen molar-refractivity contribution in [2.75, 3.05) is 19.1 Å². The molecule has 0 aromatic heterocycles. The molecule has 0 amide bonds. The summed E-state index contributed by atoms with van der Waals surface area (Å²) in [6.07, 6.45) is 0. The summed E-state index contributed by atoms with van der Waals surface area (Å²) in [5.41, 5.74) is 2.35. The standard InChI is InChI=1S/C15H18BNO3/c1-17(14-9-5-6-10-15(14)20-2)11-12-7-3-4-8-13(12)16(18)19/h3-10,18-19H,11H2,1-2H3. The molecule has 2 aromatic rings. The Morgan fingerprint density at radius 3 is 2.40 bits per heavy atom. The van der Waals surface area contributed by atoms with E-state index < -0.39 is 7.12 Å². The number of nitrogens with zero attached hydrogens (tertiary/aromatic N) is 1. The van der Waals surface area contributed by atoms with Crippen LogP contribution in [0.2, 0.25) is 0 Å². The number of hydrogen-bond donors (Lipinski definition) is 2. The molecule has 0 aliphatic carbocycles. The zero-order chi connectivity index (χ0) is 14.5. The normalized spacial score (nSPS) is 10.2. The maximum Gasteiger partial charge on any atom is 0.488 e. The lowest BCUT2D eigenvalue weighted by Crippen LogP contribution is -2.35. The molecule has 2 N–H and O–H groups in total. The van der Waals surface area contributed by atoms with Gasteiger partial charge in [0.1, 0.15) is 5.75 Å². The van der Waals surface area contributed by atoms with Crippen LogP contribution in [0.4, 0.5) is 5.69 Å². The quantitative estimate of drug-likeness (QED) is 0.797. The molecule has 2 aromatic carbocycles. The van der Waals surface area contributed by atoms with Crippen molar-refractivity contribution in [2.24, 2.45) is 0 Å². The minimum atomic E-state index is -1.46. The van der Waals surface area contributed by atoms with Crippen LogP contribution in [-0.4, -0.2) is 31.3 Å². The average molecular weight is 271 g/mol. The first-order chi connectivity index (χ1) is 9.63. The third-order valence-corrected chi connectivity index (χ3v) is 3.24.